The molecule has 0 radical (unpaired) electrons. The summed E-state index contributed by atoms with van der Waals surface area (Å²) in [5.41, 5.74) is 1.47. The standard InChI is InChI=1S/C25H35N7O7S/c1-5-26-24(35)21-19(33)20(34)25(39-21)32-13-28-18-22(27-10-15-6-8-16(38-4)9-7-15)30-17(31-23(18)32)11-29-40(36,37)12-14(2)3/h6-9,13-14,19-21,25,29,33-34H,5,10-12H2,1-4H3,(H,26,35)(H,27,30,31)/t19-,20+,21-,25+/m0/s1. The van der Waals surface area contributed by atoms with Crippen molar-refractivity contribution >= 4 is 32.9 Å². The number of sulfonamides is 1. The molecule has 1 amide bonds. The van der Waals surface area contributed by atoms with Gasteiger partial charge >= 0.3 is 0 Å². The van der Waals surface area contributed by atoms with Crippen molar-refractivity contribution in [2.75, 3.05) is 24.7 Å². The lowest BCUT2D eigenvalue weighted by atomic mass is 10.1. The lowest BCUT2D eigenvalue weighted by Gasteiger charge is -2.17. The third-order valence-electron chi connectivity index (χ3n) is 6.21. The van der Waals surface area contributed by atoms with Crippen LogP contribution in [-0.4, -0.2) is 81.8 Å². The highest BCUT2D eigenvalue weighted by Crippen LogP contribution is 2.33. The van der Waals surface area contributed by atoms with Gasteiger partial charge in [-0.2, -0.15) is 0 Å². The fourth-order valence-electron chi connectivity index (χ4n) is 4.33. The number of hydrogen-bond donors (Lipinski definition) is 5. The van der Waals surface area contributed by atoms with Crippen molar-refractivity contribution in [3.8, 4) is 5.75 Å². The fraction of sp³-hybridized carbons (Fsp3) is 0.520. The minimum Gasteiger partial charge on any atom is -0.497 e. The average molecular weight is 578 g/mol. The van der Waals surface area contributed by atoms with Gasteiger partial charge in [0, 0.05) is 13.1 Å². The van der Waals surface area contributed by atoms with E-state index in [1.54, 1.807) is 27.9 Å². The third-order valence-corrected chi connectivity index (χ3v) is 7.90. The maximum absolute atomic E-state index is 12.5. The predicted molar refractivity (Wildman–Crippen MR) is 146 cm³/mol. The first-order chi connectivity index (χ1) is 19.0. The summed E-state index contributed by atoms with van der Waals surface area (Å²) in [5.74, 6) is 0.493. The van der Waals surface area contributed by atoms with Crippen molar-refractivity contribution in [1.82, 2.24) is 29.6 Å². The molecule has 4 atom stereocenters. The molecule has 5 N–H and O–H groups in total. The van der Waals surface area contributed by atoms with Crippen LogP contribution in [0, 0.1) is 5.92 Å². The summed E-state index contributed by atoms with van der Waals surface area (Å²) in [6, 6.07) is 7.42. The smallest absolute Gasteiger partial charge is 0.252 e. The first-order valence-corrected chi connectivity index (χ1v) is 14.5. The van der Waals surface area contributed by atoms with E-state index in [1.165, 1.54) is 10.9 Å². The molecule has 0 aliphatic carbocycles. The van der Waals surface area contributed by atoms with Crippen LogP contribution in [0.3, 0.4) is 0 Å². The molecule has 0 bridgehead atoms. The lowest BCUT2D eigenvalue weighted by Crippen LogP contribution is -2.42. The van der Waals surface area contributed by atoms with Crippen LogP contribution in [-0.2, 0) is 32.6 Å². The Balaban J connectivity index is 1.67. The maximum Gasteiger partial charge on any atom is 0.252 e. The number of rotatable bonds is 12. The molecule has 1 aliphatic heterocycles. The molecule has 0 unspecified atom stereocenters. The van der Waals surface area contributed by atoms with E-state index in [1.807, 2.05) is 24.3 Å². The molecule has 0 spiro atoms. The summed E-state index contributed by atoms with van der Waals surface area (Å²) in [6.07, 6.45) is -4.04. The molecule has 4 rings (SSSR count). The number of likely N-dealkylation sites (N-methyl/N-ethyl adjacent to an activating group) is 1. The topological polar surface area (TPSA) is 190 Å². The Morgan fingerprint density at radius 1 is 1.15 bits per heavy atom. The molecule has 1 fully saturated rings. The summed E-state index contributed by atoms with van der Waals surface area (Å²) < 4.78 is 39.8. The van der Waals surface area contributed by atoms with Crippen LogP contribution in [0.2, 0.25) is 0 Å². The Labute approximate surface area is 232 Å². The van der Waals surface area contributed by atoms with Crippen molar-refractivity contribution < 1.29 is 32.9 Å². The van der Waals surface area contributed by atoms with E-state index in [0.717, 1.165) is 5.56 Å². The number of carbonyl (C=O) groups excluding carboxylic acids is 1. The summed E-state index contributed by atoms with van der Waals surface area (Å²) in [6.45, 7) is 5.83. The van der Waals surface area contributed by atoms with Crippen LogP contribution in [0.25, 0.3) is 11.2 Å². The SMILES string of the molecule is CCNC(=O)[C@H]1O[C@@H](n2cnc3c(NCc4ccc(OC)cc4)nc(CNS(=O)(=O)CC(C)C)nc32)[C@H](O)[C@@H]1O. The fourth-order valence-corrected chi connectivity index (χ4v) is 5.68. The van der Waals surface area contributed by atoms with Gasteiger partial charge in [0.2, 0.25) is 10.0 Å². The van der Waals surface area contributed by atoms with Crippen LogP contribution >= 0.6 is 0 Å². The summed E-state index contributed by atoms with van der Waals surface area (Å²) in [5, 5.41) is 27.0. The molecule has 1 aliphatic rings. The quantitative estimate of drug-likeness (QED) is 0.199. The molecule has 0 saturated carbocycles. The largest absolute Gasteiger partial charge is 0.497 e. The first kappa shape index (κ1) is 29.6. The van der Waals surface area contributed by atoms with E-state index in [9.17, 15) is 23.4 Å². The number of benzene rings is 1. The number of fused-ring (bicyclic) bond motifs is 1. The van der Waals surface area contributed by atoms with Crippen molar-refractivity contribution in [3.05, 3.63) is 42.0 Å². The zero-order chi connectivity index (χ0) is 29.0. The van der Waals surface area contributed by atoms with Crippen LogP contribution in [0.4, 0.5) is 5.82 Å². The second kappa shape index (κ2) is 12.4. The van der Waals surface area contributed by atoms with E-state index in [-0.39, 0.29) is 29.7 Å². The van der Waals surface area contributed by atoms with Gasteiger partial charge in [0.15, 0.2) is 29.3 Å². The van der Waals surface area contributed by atoms with E-state index in [0.29, 0.717) is 30.2 Å². The van der Waals surface area contributed by atoms with Crippen LogP contribution in [0.5, 0.6) is 5.75 Å². The summed E-state index contributed by atoms with van der Waals surface area (Å²) in [4.78, 5) is 25.8. The van der Waals surface area contributed by atoms with Crippen LogP contribution in [0.15, 0.2) is 30.6 Å². The number of anilines is 1. The number of aromatic nitrogens is 4. The highest BCUT2D eigenvalue weighted by Gasteiger charge is 2.47. The number of nitrogens with one attached hydrogen (secondary N) is 3. The van der Waals surface area contributed by atoms with E-state index in [2.05, 4.69) is 30.3 Å². The number of aliphatic hydroxyl groups excluding tert-OH is 2. The minimum atomic E-state index is -3.58. The second-order valence-electron chi connectivity index (χ2n) is 9.83. The number of aliphatic hydroxyl groups is 2. The summed E-state index contributed by atoms with van der Waals surface area (Å²) in [7, 11) is -2.00. The molecular weight excluding hydrogens is 542 g/mol. The highest BCUT2D eigenvalue weighted by molar-refractivity contribution is 7.89. The van der Waals surface area contributed by atoms with Crippen molar-refractivity contribution in [2.45, 2.75) is 58.4 Å². The normalized spacial score (nSPS) is 21.2. The van der Waals surface area contributed by atoms with Crippen molar-refractivity contribution in [3.63, 3.8) is 0 Å². The molecular formula is C25H35N7O7S. The molecule has 40 heavy (non-hydrogen) atoms. The lowest BCUT2D eigenvalue weighted by molar-refractivity contribution is -0.137. The number of ether oxygens (including phenoxy) is 2. The Bertz CT molecular complexity index is 1430. The van der Waals surface area contributed by atoms with E-state index < -0.39 is 40.5 Å². The molecule has 15 heteroatoms. The number of imidazole rings is 1. The Hall–Kier alpha value is -3.37. The average Bonchev–Trinajstić information content (AvgIpc) is 3.46. The van der Waals surface area contributed by atoms with Crippen LogP contribution in [0.1, 0.15) is 38.4 Å². The van der Waals surface area contributed by atoms with Crippen molar-refractivity contribution in [2.24, 2.45) is 5.92 Å². The number of amides is 1. The molecule has 2 aromatic heterocycles. The molecule has 3 aromatic rings. The minimum absolute atomic E-state index is 0.0586. The summed E-state index contributed by atoms with van der Waals surface area (Å²) >= 11 is 0. The Kier molecular flexibility index (Phi) is 9.20. The molecule has 14 nitrogen and oxygen atoms in total. The van der Waals surface area contributed by atoms with Gasteiger partial charge in [-0.15, -0.1) is 0 Å². The first-order valence-electron chi connectivity index (χ1n) is 12.9. The Morgan fingerprint density at radius 3 is 2.52 bits per heavy atom. The number of nitrogens with zero attached hydrogens (tertiary/aromatic N) is 4. The van der Waals surface area contributed by atoms with Gasteiger partial charge in [0.25, 0.3) is 5.91 Å². The van der Waals surface area contributed by atoms with Crippen LogP contribution < -0.4 is 20.1 Å². The third kappa shape index (κ3) is 6.67. The Morgan fingerprint density at radius 2 is 1.88 bits per heavy atom. The van der Waals surface area contributed by atoms with Gasteiger partial charge in [0.05, 0.1) is 25.7 Å². The van der Waals surface area contributed by atoms with Gasteiger partial charge in [-0.3, -0.25) is 9.36 Å². The van der Waals surface area contributed by atoms with Gasteiger partial charge < -0.3 is 30.3 Å². The van der Waals surface area contributed by atoms with Gasteiger partial charge in [-0.1, -0.05) is 26.0 Å². The predicted octanol–water partition coefficient (Wildman–Crippen LogP) is 0.278. The van der Waals surface area contributed by atoms with Gasteiger partial charge in [0.1, 0.15) is 23.8 Å². The molecule has 1 aromatic carbocycles. The maximum atomic E-state index is 12.5. The van der Waals surface area contributed by atoms with E-state index >= 15 is 0 Å². The number of methoxy groups -OCH3 is 1. The highest BCUT2D eigenvalue weighted by atomic mass is 32.2. The molecule has 1 saturated heterocycles. The van der Waals surface area contributed by atoms with Crippen molar-refractivity contribution in [1.29, 1.82) is 0 Å². The van der Waals surface area contributed by atoms with Gasteiger partial charge in [-0.25, -0.2) is 28.1 Å². The molecule has 218 valence electrons. The zero-order valence-corrected chi connectivity index (χ0v) is 23.6. The number of carbonyl (C=O) groups is 1. The second-order valence-corrected chi connectivity index (χ2v) is 11.7. The monoisotopic (exact) mass is 577 g/mol. The number of hydrogen-bond acceptors (Lipinski definition) is 11. The van der Waals surface area contributed by atoms with Gasteiger partial charge in [-0.05, 0) is 30.5 Å². The molecule has 3 heterocycles. The van der Waals surface area contributed by atoms with E-state index in [4.69, 9.17) is 9.47 Å². The zero-order valence-electron chi connectivity index (χ0n) is 22.7.